The summed E-state index contributed by atoms with van der Waals surface area (Å²) in [6.07, 6.45) is 2.09. The molecule has 0 bridgehead atoms. The standard InChI is InChI=1S/C22H23N3O4S/c1-27-17-11-10-16(14-18(17)28-2)20-23-24-22(29-20)30-19(15-8-4-3-5-9-15)21(26)25-12-6-7-13-25/h3-5,8-11,14,19H,6-7,12-13H2,1-2H3. The van der Waals surface area contributed by atoms with Gasteiger partial charge in [-0.05, 0) is 48.4 Å². The van der Waals surface area contributed by atoms with Crippen LogP contribution in [-0.4, -0.2) is 48.3 Å². The first-order chi connectivity index (χ1) is 14.7. The van der Waals surface area contributed by atoms with Crippen molar-refractivity contribution in [3.05, 3.63) is 54.1 Å². The topological polar surface area (TPSA) is 77.7 Å². The molecule has 2 aromatic carbocycles. The number of rotatable bonds is 7. The van der Waals surface area contributed by atoms with Crippen molar-refractivity contribution in [2.75, 3.05) is 27.3 Å². The molecule has 1 unspecified atom stereocenters. The molecular formula is C22H23N3O4S. The summed E-state index contributed by atoms with van der Waals surface area (Å²) in [4.78, 5) is 15.1. The van der Waals surface area contributed by atoms with Crippen LogP contribution in [0.1, 0.15) is 23.7 Å². The third kappa shape index (κ3) is 4.28. The van der Waals surface area contributed by atoms with Gasteiger partial charge in [0, 0.05) is 18.7 Å². The lowest BCUT2D eigenvalue weighted by Gasteiger charge is -2.22. The van der Waals surface area contributed by atoms with Crippen molar-refractivity contribution in [1.29, 1.82) is 0 Å². The van der Waals surface area contributed by atoms with Gasteiger partial charge in [-0.15, -0.1) is 10.2 Å². The molecule has 0 N–H and O–H groups in total. The Balaban J connectivity index is 1.59. The smallest absolute Gasteiger partial charge is 0.277 e. The maximum atomic E-state index is 13.2. The Hall–Kier alpha value is -3.00. The molecule has 3 aromatic rings. The van der Waals surface area contributed by atoms with E-state index in [4.69, 9.17) is 13.9 Å². The fourth-order valence-corrected chi connectivity index (χ4v) is 4.40. The third-order valence-corrected chi connectivity index (χ3v) is 6.08. The molecule has 8 heteroatoms. The average Bonchev–Trinajstić information content (AvgIpc) is 3.49. The van der Waals surface area contributed by atoms with Crippen LogP contribution < -0.4 is 9.47 Å². The summed E-state index contributed by atoms with van der Waals surface area (Å²) in [5.41, 5.74) is 1.64. The van der Waals surface area contributed by atoms with Crippen LogP contribution in [0.5, 0.6) is 11.5 Å². The van der Waals surface area contributed by atoms with Crippen molar-refractivity contribution in [3.8, 4) is 23.0 Å². The molecule has 30 heavy (non-hydrogen) atoms. The number of hydrogen-bond donors (Lipinski definition) is 0. The molecule has 0 radical (unpaired) electrons. The normalized spacial score (nSPS) is 14.5. The van der Waals surface area contributed by atoms with E-state index in [0.717, 1.165) is 31.5 Å². The number of carbonyl (C=O) groups is 1. The number of carbonyl (C=O) groups excluding carboxylic acids is 1. The minimum Gasteiger partial charge on any atom is -0.493 e. The summed E-state index contributed by atoms with van der Waals surface area (Å²) in [5, 5.41) is 8.25. The van der Waals surface area contributed by atoms with Gasteiger partial charge in [0.05, 0.1) is 14.2 Å². The number of aromatic nitrogens is 2. The lowest BCUT2D eigenvalue weighted by molar-refractivity contribution is -0.129. The Labute approximate surface area is 179 Å². The minimum atomic E-state index is -0.428. The minimum absolute atomic E-state index is 0.0783. The van der Waals surface area contributed by atoms with E-state index in [2.05, 4.69) is 10.2 Å². The molecule has 1 aliphatic rings. The van der Waals surface area contributed by atoms with Crippen molar-refractivity contribution < 1.29 is 18.7 Å². The highest BCUT2D eigenvalue weighted by Crippen LogP contribution is 2.38. The van der Waals surface area contributed by atoms with Crippen molar-refractivity contribution >= 4 is 17.7 Å². The summed E-state index contributed by atoms with van der Waals surface area (Å²) in [5.74, 6) is 1.64. The number of nitrogens with zero attached hydrogens (tertiary/aromatic N) is 3. The molecule has 7 nitrogen and oxygen atoms in total. The molecule has 1 fully saturated rings. The molecule has 156 valence electrons. The van der Waals surface area contributed by atoms with Crippen LogP contribution in [0, 0.1) is 0 Å². The molecule has 1 saturated heterocycles. The first-order valence-electron chi connectivity index (χ1n) is 9.76. The summed E-state index contributed by atoms with van der Waals surface area (Å²) in [6.45, 7) is 1.59. The van der Waals surface area contributed by atoms with Gasteiger partial charge in [-0.25, -0.2) is 0 Å². The zero-order chi connectivity index (χ0) is 20.9. The number of thioether (sulfide) groups is 1. The monoisotopic (exact) mass is 425 g/mol. The van der Waals surface area contributed by atoms with E-state index in [0.29, 0.717) is 28.2 Å². The second-order valence-corrected chi connectivity index (χ2v) is 7.94. The SMILES string of the molecule is COc1ccc(-c2nnc(SC(C(=O)N3CCCC3)c3ccccc3)o2)cc1OC. The summed E-state index contributed by atoms with van der Waals surface area (Å²) in [6, 6.07) is 15.1. The first kappa shape index (κ1) is 20.3. The highest BCUT2D eigenvalue weighted by Gasteiger charge is 2.30. The third-order valence-electron chi connectivity index (χ3n) is 5.00. The highest BCUT2D eigenvalue weighted by molar-refractivity contribution is 8.00. The molecule has 0 spiro atoms. The van der Waals surface area contributed by atoms with Gasteiger partial charge in [0.15, 0.2) is 11.5 Å². The van der Waals surface area contributed by atoms with Gasteiger partial charge in [-0.2, -0.15) is 0 Å². The number of methoxy groups -OCH3 is 2. The van der Waals surface area contributed by atoms with Crippen LogP contribution in [0.2, 0.25) is 0 Å². The van der Waals surface area contributed by atoms with Crippen molar-refractivity contribution in [3.63, 3.8) is 0 Å². The molecule has 2 heterocycles. The predicted molar refractivity (Wildman–Crippen MR) is 114 cm³/mol. The van der Waals surface area contributed by atoms with Gasteiger partial charge in [0.2, 0.25) is 11.8 Å². The number of hydrogen-bond acceptors (Lipinski definition) is 7. The molecular weight excluding hydrogens is 402 g/mol. The van der Waals surface area contributed by atoms with Crippen molar-refractivity contribution in [1.82, 2.24) is 15.1 Å². The van der Waals surface area contributed by atoms with E-state index >= 15 is 0 Å². The first-order valence-corrected chi connectivity index (χ1v) is 10.6. The Morgan fingerprint density at radius 2 is 1.77 bits per heavy atom. The second kappa shape index (κ2) is 9.21. The summed E-state index contributed by atoms with van der Waals surface area (Å²) < 4.78 is 16.5. The lowest BCUT2D eigenvalue weighted by atomic mass is 10.1. The lowest BCUT2D eigenvalue weighted by Crippen LogP contribution is -2.31. The second-order valence-electron chi connectivity index (χ2n) is 6.88. The maximum Gasteiger partial charge on any atom is 0.277 e. The molecule has 0 aliphatic carbocycles. The zero-order valence-corrected chi connectivity index (χ0v) is 17.7. The van der Waals surface area contributed by atoms with Gasteiger partial charge in [0.1, 0.15) is 5.25 Å². The molecule has 1 amide bonds. The van der Waals surface area contributed by atoms with Crippen LogP contribution in [0.3, 0.4) is 0 Å². The van der Waals surface area contributed by atoms with E-state index in [1.165, 1.54) is 11.8 Å². The Morgan fingerprint density at radius 1 is 1.03 bits per heavy atom. The van der Waals surface area contributed by atoms with Crippen LogP contribution in [0.4, 0.5) is 0 Å². The van der Waals surface area contributed by atoms with Crippen LogP contribution in [0.15, 0.2) is 58.2 Å². The molecule has 4 rings (SSSR count). The number of amides is 1. The van der Waals surface area contributed by atoms with Gasteiger partial charge in [-0.3, -0.25) is 4.79 Å². The van der Waals surface area contributed by atoms with Crippen LogP contribution in [-0.2, 0) is 4.79 Å². The van der Waals surface area contributed by atoms with Crippen LogP contribution in [0.25, 0.3) is 11.5 Å². The van der Waals surface area contributed by atoms with Gasteiger partial charge < -0.3 is 18.8 Å². The van der Waals surface area contributed by atoms with Crippen molar-refractivity contribution in [2.45, 2.75) is 23.3 Å². The van der Waals surface area contributed by atoms with Crippen LogP contribution >= 0.6 is 11.8 Å². The van der Waals surface area contributed by atoms with E-state index in [9.17, 15) is 4.79 Å². The maximum absolute atomic E-state index is 13.2. The quantitative estimate of drug-likeness (QED) is 0.525. The fraction of sp³-hybridized carbons (Fsp3) is 0.318. The number of benzene rings is 2. The van der Waals surface area contributed by atoms with Gasteiger partial charge in [-0.1, -0.05) is 30.3 Å². The average molecular weight is 426 g/mol. The number of ether oxygens (including phenoxy) is 2. The predicted octanol–water partition coefficient (Wildman–Crippen LogP) is 4.21. The van der Waals surface area contributed by atoms with Crippen molar-refractivity contribution in [2.24, 2.45) is 0 Å². The Kier molecular flexibility index (Phi) is 6.23. The van der Waals surface area contributed by atoms with Gasteiger partial charge >= 0.3 is 0 Å². The van der Waals surface area contributed by atoms with Gasteiger partial charge in [0.25, 0.3) is 5.22 Å². The molecule has 0 saturated carbocycles. The Bertz CT molecular complexity index is 1000. The van der Waals surface area contributed by atoms with E-state index in [-0.39, 0.29) is 5.91 Å². The molecule has 1 aromatic heterocycles. The number of likely N-dealkylation sites (tertiary alicyclic amines) is 1. The van der Waals surface area contributed by atoms with E-state index in [1.54, 1.807) is 26.4 Å². The largest absolute Gasteiger partial charge is 0.493 e. The Morgan fingerprint density at radius 3 is 2.47 bits per heavy atom. The summed E-state index contributed by atoms with van der Waals surface area (Å²) in [7, 11) is 3.16. The molecule has 1 atom stereocenters. The highest BCUT2D eigenvalue weighted by atomic mass is 32.2. The fourth-order valence-electron chi connectivity index (χ4n) is 3.44. The summed E-state index contributed by atoms with van der Waals surface area (Å²) >= 11 is 1.28. The molecule has 1 aliphatic heterocycles. The van der Waals surface area contributed by atoms with E-state index < -0.39 is 5.25 Å². The van der Waals surface area contributed by atoms with E-state index in [1.807, 2.05) is 41.3 Å². The zero-order valence-electron chi connectivity index (χ0n) is 16.9.